The van der Waals surface area contributed by atoms with Gasteiger partial charge in [0.05, 0.1) is 41.7 Å². The molecule has 3 atom stereocenters. The van der Waals surface area contributed by atoms with Crippen LogP contribution >= 0.6 is 22.9 Å². The molecule has 4 aromatic rings. The molecular weight excluding hydrogens is 494 g/mol. The Balaban J connectivity index is 1.25. The molecule has 0 spiro atoms. The van der Waals surface area contributed by atoms with Gasteiger partial charge in [0.15, 0.2) is 0 Å². The molecule has 3 aromatic carbocycles. The summed E-state index contributed by atoms with van der Waals surface area (Å²) in [5.41, 5.74) is 4.10. The van der Waals surface area contributed by atoms with Crippen LogP contribution in [0, 0.1) is 0 Å². The normalized spacial score (nSPS) is 20.2. The van der Waals surface area contributed by atoms with Crippen LogP contribution in [0.2, 0.25) is 5.02 Å². The molecule has 8 heteroatoms. The van der Waals surface area contributed by atoms with Gasteiger partial charge in [-0.2, -0.15) is 5.11 Å². The molecule has 1 fully saturated rings. The Kier molecular flexibility index (Phi) is 7.92. The summed E-state index contributed by atoms with van der Waals surface area (Å²) >= 11 is 8.04. The topological polar surface area (TPSA) is 76.3 Å². The molecule has 1 aliphatic rings. The van der Waals surface area contributed by atoms with Gasteiger partial charge in [-0.25, -0.2) is 4.98 Å². The third-order valence-electron chi connectivity index (χ3n) is 6.17. The number of nitrogens with zero attached hydrogens (tertiary/aromatic N) is 3. The Bertz CT molecular complexity index is 1310. The molecule has 0 saturated carbocycles. The average molecular weight is 522 g/mol. The minimum atomic E-state index is -0.461. The summed E-state index contributed by atoms with van der Waals surface area (Å²) in [7, 11) is 0. The summed E-state index contributed by atoms with van der Waals surface area (Å²) in [4.78, 5) is 4.49. The van der Waals surface area contributed by atoms with Crippen molar-refractivity contribution in [3.63, 3.8) is 0 Å². The SMILES string of the molecule is CCOc1ccc(Cc2cc(C3CC(O)CC(CN=Nc4nc5ccccc5s4)O3)ccc2Cl)cc1. The van der Waals surface area contributed by atoms with E-state index in [1.54, 1.807) is 0 Å². The van der Waals surface area contributed by atoms with Crippen molar-refractivity contribution in [2.24, 2.45) is 10.2 Å². The first-order valence-corrected chi connectivity index (χ1v) is 13.3. The molecule has 6 nitrogen and oxygen atoms in total. The zero-order valence-corrected chi connectivity index (χ0v) is 21.6. The van der Waals surface area contributed by atoms with Gasteiger partial charge in [-0.1, -0.05) is 59.3 Å². The minimum absolute atomic E-state index is 0.220. The Morgan fingerprint density at radius 2 is 1.94 bits per heavy atom. The molecule has 0 bridgehead atoms. The van der Waals surface area contributed by atoms with Gasteiger partial charge in [0.2, 0.25) is 5.13 Å². The minimum Gasteiger partial charge on any atom is -0.494 e. The van der Waals surface area contributed by atoms with Crippen LogP contribution in [-0.2, 0) is 11.2 Å². The van der Waals surface area contributed by atoms with E-state index in [4.69, 9.17) is 21.1 Å². The molecular formula is C28H28ClN3O3S. The maximum Gasteiger partial charge on any atom is 0.230 e. The number of halogens is 1. The highest BCUT2D eigenvalue weighted by Gasteiger charge is 2.29. The number of azo groups is 1. The Labute approximate surface area is 219 Å². The average Bonchev–Trinajstić information content (AvgIpc) is 3.29. The lowest BCUT2D eigenvalue weighted by atomic mass is 9.94. The Morgan fingerprint density at radius 3 is 2.75 bits per heavy atom. The number of hydrogen-bond acceptors (Lipinski definition) is 7. The molecule has 36 heavy (non-hydrogen) atoms. The maximum atomic E-state index is 10.6. The van der Waals surface area contributed by atoms with E-state index >= 15 is 0 Å². The second-order valence-corrected chi connectivity index (χ2v) is 10.3. The monoisotopic (exact) mass is 521 g/mol. The number of aliphatic hydroxyl groups is 1. The van der Waals surface area contributed by atoms with Crippen LogP contribution in [-0.4, -0.2) is 35.5 Å². The van der Waals surface area contributed by atoms with Crippen LogP contribution in [0.25, 0.3) is 10.2 Å². The van der Waals surface area contributed by atoms with E-state index in [2.05, 4.69) is 33.4 Å². The molecule has 2 heterocycles. The highest BCUT2D eigenvalue weighted by atomic mass is 35.5. The zero-order chi connectivity index (χ0) is 24.9. The smallest absolute Gasteiger partial charge is 0.230 e. The first-order chi connectivity index (χ1) is 17.6. The second kappa shape index (κ2) is 11.5. The predicted octanol–water partition coefficient (Wildman–Crippen LogP) is 7.30. The van der Waals surface area contributed by atoms with Gasteiger partial charge in [-0.3, -0.25) is 0 Å². The zero-order valence-electron chi connectivity index (χ0n) is 20.0. The summed E-state index contributed by atoms with van der Waals surface area (Å²) in [6.45, 7) is 2.99. The van der Waals surface area contributed by atoms with Gasteiger partial charge >= 0.3 is 0 Å². The Morgan fingerprint density at radius 1 is 1.11 bits per heavy atom. The summed E-state index contributed by atoms with van der Waals surface area (Å²) < 4.78 is 13.0. The third-order valence-corrected chi connectivity index (χ3v) is 7.46. The summed E-state index contributed by atoms with van der Waals surface area (Å²) in [5.74, 6) is 0.858. The van der Waals surface area contributed by atoms with Crippen molar-refractivity contribution in [3.8, 4) is 5.75 Å². The fraction of sp³-hybridized carbons (Fsp3) is 0.321. The highest BCUT2D eigenvalue weighted by Crippen LogP contribution is 2.34. The number of thiazole rings is 1. The fourth-order valence-electron chi connectivity index (χ4n) is 4.44. The number of benzene rings is 3. The standard InChI is InChI=1S/C28H28ClN3O3S/c1-2-34-22-10-7-18(8-11-22)13-20-14-19(9-12-24(20)29)26-16-21(33)15-23(35-26)17-30-32-28-31-25-5-3-4-6-27(25)36-28/h3-12,14,21,23,26,33H,2,13,15-17H2,1H3. The lowest BCUT2D eigenvalue weighted by Gasteiger charge is -2.32. The summed E-state index contributed by atoms with van der Waals surface area (Å²) in [6.07, 6.45) is 0.859. The number of aliphatic hydroxyl groups excluding tert-OH is 1. The summed E-state index contributed by atoms with van der Waals surface area (Å²) in [5, 5.41) is 20.5. The molecule has 186 valence electrons. The van der Waals surface area contributed by atoms with Crippen LogP contribution in [0.15, 0.2) is 77.0 Å². The van der Waals surface area contributed by atoms with Crippen LogP contribution in [0.5, 0.6) is 5.75 Å². The van der Waals surface area contributed by atoms with E-state index in [-0.39, 0.29) is 12.2 Å². The predicted molar refractivity (Wildman–Crippen MR) is 144 cm³/mol. The van der Waals surface area contributed by atoms with Gasteiger partial charge in [0, 0.05) is 17.9 Å². The number of hydrogen-bond donors (Lipinski definition) is 1. The molecule has 3 unspecified atom stereocenters. The van der Waals surface area contributed by atoms with E-state index in [0.717, 1.165) is 32.7 Å². The first kappa shape index (κ1) is 24.8. The van der Waals surface area contributed by atoms with Gasteiger partial charge in [0.25, 0.3) is 0 Å². The van der Waals surface area contributed by atoms with Crippen molar-refractivity contribution in [2.75, 3.05) is 13.2 Å². The van der Waals surface area contributed by atoms with Gasteiger partial charge in [-0.15, -0.1) is 5.11 Å². The van der Waals surface area contributed by atoms with Gasteiger partial charge in [0.1, 0.15) is 5.75 Å². The second-order valence-electron chi connectivity index (χ2n) is 8.86. The van der Waals surface area contributed by atoms with Crippen molar-refractivity contribution >= 4 is 38.3 Å². The maximum absolute atomic E-state index is 10.6. The molecule has 1 N–H and O–H groups in total. The van der Waals surface area contributed by atoms with E-state index < -0.39 is 6.10 Å². The Hall–Kier alpha value is -2.84. The highest BCUT2D eigenvalue weighted by molar-refractivity contribution is 7.21. The molecule has 0 aliphatic carbocycles. The van der Waals surface area contributed by atoms with Crippen LogP contribution < -0.4 is 4.74 Å². The number of ether oxygens (including phenoxy) is 2. The number of aromatic nitrogens is 1. The van der Waals surface area contributed by atoms with Crippen molar-refractivity contribution < 1.29 is 14.6 Å². The molecule has 0 amide bonds. The number of rotatable bonds is 8. The van der Waals surface area contributed by atoms with E-state index in [9.17, 15) is 5.11 Å². The van der Waals surface area contributed by atoms with Gasteiger partial charge < -0.3 is 14.6 Å². The van der Waals surface area contributed by atoms with E-state index in [0.29, 0.717) is 42.6 Å². The fourth-order valence-corrected chi connectivity index (χ4v) is 5.43. The van der Waals surface area contributed by atoms with Crippen LogP contribution in [0.3, 0.4) is 0 Å². The van der Waals surface area contributed by atoms with E-state index in [1.807, 2.05) is 55.5 Å². The van der Waals surface area contributed by atoms with Crippen LogP contribution in [0.1, 0.15) is 42.6 Å². The van der Waals surface area contributed by atoms with Gasteiger partial charge in [-0.05, 0) is 60.4 Å². The van der Waals surface area contributed by atoms with Crippen LogP contribution in [0.4, 0.5) is 5.13 Å². The molecule has 1 aromatic heterocycles. The van der Waals surface area contributed by atoms with E-state index in [1.165, 1.54) is 11.3 Å². The number of para-hydroxylation sites is 1. The third kappa shape index (κ3) is 6.10. The molecule has 1 saturated heterocycles. The quantitative estimate of drug-likeness (QED) is 0.247. The van der Waals surface area contributed by atoms with Crippen molar-refractivity contribution in [1.29, 1.82) is 0 Å². The largest absolute Gasteiger partial charge is 0.494 e. The molecule has 0 radical (unpaired) electrons. The lowest BCUT2D eigenvalue weighted by molar-refractivity contribution is -0.0933. The lowest BCUT2D eigenvalue weighted by Crippen LogP contribution is -2.33. The first-order valence-electron chi connectivity index (χ1n) is 12.1. The molecule has 5 rings (SSSR count). The van der Waals surface area contributed by atoms with Crippen molar-refractivity contribution in [2.45, 2.75) is 44.5 Å². The van der Waals surface area contributed by atoms with Crippen molar-refractivity contribution in [3.05, 3.63) is 88.4 Å². The molecule has 1 aliphatic heterocycles. The number of fused-ring (bicyclic) bond motifs is 1. The summed E-state index contributed by atoms with van der Waals surface area (Å²) in [6, 6.07) is 22.0. The van der Waals surface area contributed by atoms with Crippen molar-refractivity contribution in [1.82, 2.24) is 4.98 Å².